The van der Waals surface area contributed by atoms with E-state index < -0.39 is 21.9 Å². The molecule has 2 aromatic rings. The van der Waals surface area contributed by atoms with Crippen molar-refractivity contribution in [1.82, 2.24) is 14.6 Å². The van der Waals surface area contributed by atoms with Crippen LogP contribution in [0.3, 0.4) is 0 Å². The van der Waals surface area contributed by atoms with Crippen LogP contribution < -0.4 is 10.1 Å². The average molecular weight is 417 g/mol. The van der Waals surface area contributed by atoms with Crippen molar-refractivity contribution in [2.24, 2.45) is 0 Å². The summed E-state index contributed by atoms with van der Waals surface area (Å²) in [4.78, 5) is 16.2. The minimum atomic E-state index is -3.69. The molecule has 1 aromatic heterocycles. The lowest BCUT2D eigenvalue weighted by Crippen LogP contribution is -2.34. The van der Waals surface area contributed by atoms with Gasteiger partial charge in [-0.2, -0.15) is 4.31 Å². The summed E-state index contributed by atoms with van der Waals surface area (Å²) in [6.45, 7) is 0.463. The number of benzene rings is 1. The predicted octanol–water partition coefficient (Wildman–Crippen LogP) is 2.95. The Morgan fingerprint density at radius 1 is 1.17 bits per heavy atom. The number of nitrogens with zero attached hydrogens (tertiary/aromatic N) is 2. The molecule has 0 atom stereocenters. The Bertz CT molecular complexity index is 1050. The summed E-state index contributed by atoms with van der Waals surface area (Å²) in [5.41, 5.74) is 1.52. The molecule has 0 bridgehead atoms. The Morgan fingerprint density at radius 2 is 1.93 bits per heavy atom. The van der Waals surface area contributed by atoms with Crippen molar-refractivity contribution in [3.05, 3.63) is 60.1 Å². The van der Waals surface area contributed by atoms with Crippen molar-refractivity contribution in [3.63, 3.8) is 0 Å². The van der Waals surface area contributed by atoms with Crippen LogP contribution in [0.25, 0.3) is 5.57 Å². The zero-order valence-corrected chi connectivity index (χ0v) is 16.4. The van der Waals surface area contributed by atoms with Gasteiger partial charge in [0.05, 0.1) is 10.6 Å². The average Bonchev–Trinajstić information content (AvgIpc) is 3.52. The molecule has 1 aliphatic heterocycles. The van der Waals surface area contributed by atoms with Gasteiger partial charge in [0, 0.05) is 25.2 Å². The summed E-state index contributed by atoms with van der Waals surface area (Å²) in [6.07, 6.45) is 3.66. The summed E-state index contributed by atoms with van der Waals surface area (Å²) in [5, 5.41) is 2.73. The van der Waals surface area contributed by atoms with Crippen molar-refractivity contribution in [2.75, 3.05) is 13.1 Å². The zero-order valence-electron chi connectivity index (χ0n) is 15.5. The standard InChI is InChI=1S/C20H20FN3O4S/c21-15-4-8-17(9-5-15)29(26,27)24-12-10-14(11-13-24)18-2-1-3-19(23-18)28-20(25)22-16-6-7-16/h1-5,8-10,16H,6-7,11-13H2,(H,22,25). The van der Waals surface area contributed by atoms with E-state index in [0.717, 1.165) is 30.5 Å². The van der Waals surface area contributed by atoms with Gasteiger partial charge in [-0.25, -0.2) is 22.6 Å². The first-order chi connectivity index (χ1) is 13.9. The number of nitrogens with one attached hydrogen (secondary N) is 1. The van der Waals surface area contributed by atoms with Gasteiger partial charge in [0.2, 0.25) is 15.9 Å². The monoisotopic (exact) mass is 417 g/mol. The van der Waals surface area contributed by atoms with Crippen LogP contribution in [0.1, 0.15) is 25.0 Å². The molecule has 1 saturated carbocycles. The number of pyridine rings is 1. The maximum Gasteiger partial charge on any atom is 0.414 e. The Morgan fingerprint density at radius 3 is 2.59 bits per heavy atom. The highest BCUT2D eigenvalue weighted by Crippen LogP contribution is 2.26. The van der Waals surface area contributed by atoms with Gasteiger partial charge in [-0.1, -0.05) is 12.1 Å². The third kappa shape index (κ3) is 4.63. The number of carbonyl (C=O) groups is 1. The second-order valence-electron chi connectivity index (χ2n) is 6.97. The molecule has 1 aromatic carbocycles. The highest BCUT2D eigenvalue weighted by Gasteiger charge is 2.27. The summed E-state index contributed by atoms with van der Waals surface area (Å²) in [5.74, 6) is -0.285. The summed E-state index contributed by atoms with van der Waals surface area (Å²) < 4.78 is 45.0. The zero-order chi connectivity index (χ0) is 20.4. The first-order valence-electron chi connectivity index (χ1n) is 9.32. The maximum atomic E-state index is 13.1. The number of aromatic nitrogens is 1. The molecular formula is C20H20FN3O4S. The van der Waals surface area contributed by atoms with Crippen LogP contribution in [-0.4, -0.2) is 42.9 Å². The third-order valence-electron chi connectivity index (χ3n) is 4.77. The highest BCUT2D eigenvalue weighted by atomic mass is 32.2. The third-order valence-corrected chi connectivity index (χ3v) is 6.65. The number of hydrogen-bond acceptors (Lipinski definition) is 5. The van der Waals surface area contributed by atoms with E-state index in [1.165, 1.54) is 16.4 Å². The second-order valence-corrected chi connectivity index (χ2v) is 8.90. The molecule has 29 heavy (non-hydrogen) atoms. The van der Waals surface area contributed by atoms with E-state index in [-0.39, 0.29) is 29.9 Å². The van der Waals surface area contributed by atoms with Crippen molar-refractivity contribution in [1.29, 1.82) is 0 Å². The van der Waals surface area contributed by atoms with E-state index in [9.17, 15) is 17.6 Å². The number of ether oxygens (including phenoxy) is 1. The van der Waals surface area contributed by atoms with Gasteiger partial charge in [-0.15, -0.1) is 0 Å². The fraction of sp³-hybridized carbons (Fsp3) is 0.300. The van der Waals surface area contributed by atoms with Crippen LogP contribution in [0, 0.1) is 5.82 Å². The fourth-order valence-electron chi connectivity index (χ4n) is 3.03. The molecule has 0 radical (unpaired) electrons. The van der Waals surface area contributed by atoms with Crippen LogP contribution in [0.15, 0.2) is 53.4 Å². The molecule has 2 aliphatic rings. The largest absolute Gasteiger partial charge is 0.414 e. The SMILES string of the molecule is O=C(NC1CC1)Oc1cccc(C2=CCN(S(=O)(=O)c3ccc(F)cc3)CC2)n1. The molecule has 2 heterocycles. The molecule has 0 unspecified atom stereocenters. The molecule has 7 nitrogen and oxygen atoms in total. The van der Waals surface area contributed by atoms with E-state index in [1.54, 1.807) is 24.3 Å². The number of hydrogen-bond donors (Lipinski definition) is 1. The first-order valence-corrected chi connectivity index (χ1v) is 10.8. The van der Waals surface area contributed by atoms with Crippen molar-refractivity contribution >= 4 is 21.7 Å². The fourth-order valence-corrected chi connectivity index (χ4v) is 4.41. The van der Waals surface area contributed by atoms with Gasteiger partial charge in [0.25, 0.3) is 0 Å². The van der Waals surface area contributed by atoms with Gasteiger partial charge in [0.1, 0.15) is 5.82 Å². The normalized spacial score (nSPS) is 17.5. The van der Waals surface area contributed by atoms with E-state index in [0.29, 0.717) is 12.1 Å². The number of rotatable bonds is 5. The van der Waals surface area contributed by atoms with Crippen LogP contribution in [0.2, 0.25) is 0 Å². The number of carbonyl (C=O) groups excluding carboxylic acids is 1. The number of sulfonamides is 1. The van der Waals surface area contributed by atoms with Crippen LogP contribution in [0.4, 0.5) is 9.18 Å². The summed E-state index contributed by atoms with van der Waals surface area (Å²) >= 11 is 0. The van der Waals surface area contributed by atoms with Crippen LogP contribution in [-0.2, 0) is 10.0 Å². The predicted molar refractivity (Wildman–Crippen MR) is 104 cm³/mol. The lowest BCUT2D eigenvalue weighted by Gasteiger charge is -2.25. The molecule has 0 spiro atoms. The van der Waals surface area contributed by atoms with E-state index in [2.05, 4.69) is 10.3 Å². The number of amides is 1. The lowest BCUT2D eigenvalue weighted by atomic mass is 10.1. The summed E-state index contributed by atoms with van der Waals surface area (Å²) in [7, 11) is -3.69. The number of halogens is 1. The molecule has 1 N–H and O–H groups in total. The van der Waals surface area contributed by atoms with Gasteiger partial charge in [-0.3, -0.25) is 0 Å². The smallest absolute Gasteiger partial charge is 0.391 e. The molecule has 0 saturated heterocycles. The van der Waals surface area contributed by atoms with Gasteiger partial charge in [0.15, 0.2) is 0 Å². The summed E-state index contributed by atoms with van der Waals surface area (Å²) in [6, 6.07) is 10.1. The molecule has 1 fully saturated rings. The first kappa shape index (κ1) is 19.5. The quantitative estimate of drug-likeness (QED) is 0.808. The maximum absolute atomic E-state index is 13.1. The molecular weight excluding hydrogens is 397 g/mol. The van der Waals surface area contributed by atoms with Crippen molar-refractivity contribution < 1.29 is 22.3 Å². The van der Waals surface area contributed by atoms with Crippen molar-refractivity contribution in [2.45, 2.75) is 30.2 Å². The van der Waals surface area contributed by atoms with Crippen molar-refractivity contribution in [3.8, 4) is 5.88 Å². The topological polar surface area (TPSA) is 88.6 Å². The molecule has 1 aliphatic carbocycles. The van der Waals surface area contributed by atoms with E-state index in [4.69, 9.17) is 4.74 Å². The van der Waals surface area contributed by atoms with Gasteiger partial charge < -0.3 is 10.1 Å². The molecule has 1 amide bonds. The van der Waals surface area contributed by atoms with E-state index >= 15 is 0 Å². The second kappa shape index (κ2) is 7.92. The minimum absolute atomic E-state index is 0.0611. The minimum Gasteiger partial charge on any atom is -0.391 e. The Kier molecular flexibility index (Phi) is 5.33. The van der Waals surface area contributed by atoms with Gasteiger partial charge >= 0.3 is 6.09 Å². The van der Waals surface area contributed by atoms with Crippen LogP contribution >= 0.6 is 0 Å². The Labute approximate surface area is 168 Å². The Balaban J connectivity index is 1.44. The Hall–Kier alpha value is -2.78. The highest BCUT2D eigenvalue weighted by molar-refractivity contribution is 7.89. The van der Waals surface area contributed by atoms with E-state index in [1.807, 2.05) is 0 Å². The molecule has 4 rings (SSSR count). The molecule has 152 valence electrons. The van der Waals surface area contributed by atoms with Gasteiger partial charge in [-0.05, 0) is 55.2 Å². The van der Waals surface area contributed by atoms with Crippen LogP contribution in [0.5, 0.6) is 5.88 Å². The molecule has 9 heteroatoms. The lowest BCUT2D eigenvalue weighted by molar-refractivity contribution is 0.198.